The van der Waals surface area contributed by atoms with Crippen LogP contribution in [-0.4, -0.2) is 9.78 Å². The van der Waals surface area contributed by atoms with Gasteiger partial charge in [-0.1, -0.05) is 11.6 Å². The molecule has 4 heteroatoms. The molecule has 2 rings (SSSR count). The van der Waals surface area contributed by atoms with E-state index in [2.05, 4.69) is 5.10 Å². The third kappa shape index (κ3) is 1.16. The first-order valence-electron chi connectivity index (χ1n) is 3.98. The molecule has 0 saturated heterocycles. The predicted molar refractivity (Wildman–Crippen MR) is 54.9 cm³/mol. The first-order chi connectivity index (χ1) is 6.09. The van der Waals surface area contributed by atoms with E-state index in [-0.39, 0.29) is 0 Å². The molecule has 1 aromatic heterocycles. The van der Waals surface area contributed by atoms with Gasteiger partial charge in [0.05, 0.1) is 16.2 Å². The Morgan fingerprint density at radius 3 is 2.85 bits per heavy atom. The van der Waals surface area contributed by atoms with Crippen LogP contribution in [0.4, 0.5) is 5.69 Å². The van der Waals surface area contributed by atoms with Crippen molar-refractivity contribution in [2.45, 2.75) is 6.92 Å². The van der Waals surface area contributed by atoms with Gasteiger partial charge in [-0.15, -0.1) is 0 Å². The maximum atomic E-state index is 5.87. The zero-order valence-electron chi connectivity index (χ0n) is 7.50. The molecule has 0 aliphatic carbocycles. The number of fused-ring (bicyclic) bond motifs is 1. The summed E-state index contributed by atoms with van der Waals surface area (Å²) in [4.78, 5) is 0. The molecule has 0 fully saturated rings. The van der Waals surface area contributed by atoms with Gasteiger partial charge in [0.1, 0.15) is 0 Å². The lowest BCUT2D eigenvalue weighted by Crippen LogP contribution is -1.91. The van der Waals surface area contributed by atoms with Gasteiger partial charge in [0, 0.05) is 18.1 Å². The van der Waals surface area contributed by atoms with Crippen LogP contribution in [0.5, 0.6) is 0 Å². The van der Waals surface area contributed by atoms with Gasteiger partial charge in [-0.2, -0.15) is 5.10 Å². The highest BCUT2D eigenvalue weighted by Gasteiger charge is 2.06. The summed E-state index contributed by atoms with van der Waals surface area (Å²) < 4.78 is 1.82. The molecule has 2 N–H and O–H groups in total. The summed E-state index contributed by atoms with van der Waals surface area (Å²) in [6, 6.07) is 3.65. The smallest absolute Gasteiger partial charge is 0.0942 e. The summed E-state index contributed by atoms with van der Waals surface area (Å²) >= 11 is 5.87. The fraction of sp³-hybridized carbons (Fsp3) is 0.222. The molecular weight excluding hydrogens is 186 g/mol. The van der Waals surface area contributed by atoms with E-state index in [1.54, 1.807) is 6.07 Å². The van der Waals surface area contributed by atoms with E-state index in [1.165, 1.54) is 0 Å². The fourth-order valence-electron chi connectivity index (χ4n) is 1.36. The summed E-state index contributed by atoms with van der Waals surface area (Å²) in [5.74, 6) is 0. The SMILES string of the molecule is Cc1c2cc(N)c(Cl)cc2nn1C. The molecule has 1 heterocycles. The van der Waals surface area contributed by atoms with Gasteiger partial charge in [0.15, 0.2) is 0 Å². The largest absolute Gasteiger partial charge is 0.398 e. The number of benzene rings is 1. The lowest BCUT2D eigenvalue weighted by atomic mass is 10.2. The summed E-state index contributed by atoms with van der Waals surface area (Å²) in [6.45, 7) is 2.00. The van der Waals surface area contributed by atoms with Crippen molar-refractivity contribution in [3.8, 4) is 0 Å². The lowest BCUT2D eigenvalue weighted by Gasteiger charge is -1.96. The lowest BCUT2D eigenvalue weighted by molar-refractivity contribution is 0.751. The fourth-order valence-corrected chi connectivity index (χ4v) is 1.52. The van der Waals surface area contributed by atoms with Crippen LogP contribution >= 0.6 is 11.6 Å². The van der Waals surface area contributed by atoms with E-state index in [0.29, 0.717) is 10.7 Å². The first-order valence-corrected chi connectivity index (χ1v) is 4.35. The van der Waals surface area contributed by atoms with Gasteiger partial charge in [0.2, 0.25) is 0 Å². The maximum absolute atomic E-state index is 5.87. The first kappa shape index (κ1) is 8.38. The van der Waals surface area contributed by atoms with Crippen molar-refractivity contribution in [3.63, 3.8) is 0 Å². The highest BCUT2D eigenvalue weighted by atomic mass is 35.5. The van der Waals surface area contributed by atoms with E-state index in [0.717, 1.165) is 16.6 Å². The second-order valence-corrected chi connectivity index (χ2v) is 3.51. The van der Waals surface area contributed by atoms with Gasteiger partial charge in [0.25, 0.3) is 0 Å². The molecule has 13 heavy (non-hydrogen) atoms. The molecule has 0 radical (unpaired) electrons. The Hall–Kier alpha value is -1.22. The number of halogens is 1. The number of aromatic nitrogens is 2. The minimum absolute atomic E-state index is 0.561. The van der Waals surface area contributed by atoms with Gasteiger partial charge in [-0.3, -0.25) is 4.68 Å². The number of nitrogen functional groups attached to an aromatic ring is 1. The molecule has 1 aromatic carbocycles. The number of rotatable bonds is 0. The predicted octanol–water partition coefficient (Wildman–Crippen LogP) is 2.12. The minimum atomic E-state index is 0.561. The molecule has 3 nitrogen and oxygen atoms in total. The van der Waals surface area contributed by atoms with Crippen LogP contribution in [0.15, 0.2) is 12.1 Å². The Bertz CT molecular complexity index is 473. The normalized spacial score (nSPS) is 11.0. The third-order valence-corrected chi connectivity index (χ3v) is 2.58. The monoisotopic (exact) mass is 195 g/mol. The van der Waals surface area contributed by atoms with Crippen molar-refractivity contribution >= 4 is 28.2 Å². The van der Waals surface area contributed by atoms with Gasteiger partial charge in [-0.25, -0.2) is 0 Å². The van der Waals surface area contributed by atoms with Crippen molar-refractivity contribution in [2.75, 3.05) is 5.73 Å². The van der Waals surface area contributed by atoms with Crippen LogP contribution < -0.4 is 5.73 Å². The standard InChI is InChI=1S/C9H10ClN3/c1-5-6-3-8(11)7(10)4-9(6)12-13(5)2/h3-4H,11H2,1-2H3. The maximum Gasteiger partial charge on any atom is 0.0942 e. The number of aryl methyl sites for hydroxylation is 2. The second kappa shape index (κ2) is 2.64. The molecule has 2 aromatic rings. The summed E-state index contributed by atoms with van der Waals surface area (Å²) in [7, 11) is 1.90. The van der Waals surface area contributed by atoms with Crippen molar-refractivity contribution < 1.29 is 0 Å². The van der Waals surface area contributed by atoms with E-state index in [9.17, 15) is 0 Å². The van der Waals surface area contributed by atoms with Crippen LogP contribution in [0.25, 0.3) is 10.9 Å². The average molecular weight is 196 g/mol. The topological polar surface area (TPSA) is 43.8 Å². The highest BCUT2D eigenvalue weighted by molar-refractivity contribution is 6.33. The van der Waals surface area contributed by atoms with Crippen LogP contribution in [0, 0.1) is 6.92 Å². The highest BCUT2D eigenvalue weighted by Crippen LogP contribution is 2.26. The number of nitrogens with two attached hydrogens (primary N) is 1. The number of nitrogens with zero attached hydrogens (tertiary/aromatic N) is 2. The Labute approximate surface area is 81.1 Å². The molecule has 0 amide bonds. The summed E-state index contributed by atoms with van der Waals surface area (Å²) in [5, 5.41) is 5.91. The van der Waals surface area contributed by atoms with E-state index >= 15 is 0 Å². The Morgan fingerprint density at radius 2 is 2.15 bits per heavy atom. The summed E-state index contributed by atoms with van der Waals surface area (Å²) in [5.41, 5.74) is 8.28. The Balaban J connectivity index is 2.89. The van der Waals surface area contributed by atoms with E-state index < -0.39 is 0 Å². The van der Waals surface area contributed by atoms with Crippen LogP contribution in [0.2, 0.25) is 5.02 Å². The van der Waals surface area contributed by atoms with Crippen LogP contribution in [0.3, 0.4) is 0 Å². The second-order valence-electron chi connectivity index (χ2n) is 3.10. The molecule has 0 spiro atoms. The number of hydrogen-bond donors (Lipinski definition) is 1. The quantitative estimate of drug-likeness (QED) is 0.655. The molecule has 68 valence electrons. The van der Waals surface area contributed by atoms with Crippen molar-refractivity contribution in [1.82, 2.24) is 9.78 Å². The molecule has 0 aliphatic rings. The van der Waals surface area contributed by atoms with E-state index in [1.807, 2.05) is 24.7 Å². The molecule has 0 aliphatic heterocycles. The van der Waals surface area contributed by atoms with Gasteiger partial charge in [-0.05, 0) is 19.1 Å². The zero-order valence-corrected chi connectivity index (χ0v) is 8.26. The molecular formula is C9H10ClN3. The molecule has 0 unspecified atom stereocenters. The Kier molecular flexibility index (Phi) is 1.70. The average Bonchev–Trinajstić information content (AvgIpc) is 2.32. The van der Waals surface area contributed by atoms with Crippen LogP contribution in [0.1, 0.15) is 5.69 Å². The van der Waals surface area contributed by atoms with E-state index in [4.69, 9.17) is 17.3 Å². The number of anilines is 1. The van der Waals surface area contributed by atoms with Gasteiger partial charge < -0.3 is 5.73 Å². The van der Waals surface area contributed by atoms with Crippen molar-refractivity contribution in [1.29, 1.82) is 0 Å². The molecule has 0 atom stereocenters. The van der Waals surface area contributed by atoms with Gasteiger partial charge >= 0.3 is 0 Å². The van der Waals surface area contributed by atoms with Crippen molar-refractivity contribution in [3.05, 3.63) is 22.8 Å². The zero-order chi connectivity index (χ0) is 9.59. The molecule has 0 saturated carbocycles. The third-order valence-electron chi connectivity index (χ3n) is 2.25. The Morgan fingerprint density at radius 1 is 1.46 bits per heavy atom. The molecule has 0 bridgehead atoms. The minimum Gasteiger partial charge on any atom is -0.398 e. The summed E-state index contributed by atoms with van der Waals surface area (Å²) in [6.07, 6.45) is 0. The van der Waals surface area contributed by atoms with Crippen molar-refractivity contribution in [2.24, 2.45) is 7.05 Å². The number of hydrogen-bond acceptors (Lipinski definition) is 2. The van der Waals surface area contributed by atoms with Crippen LogP contribution in [-0.2, 0) is 7.05 Å².